The molecule has 1 aliphatic heterocycles. The second-order valence-electron chi connectivity index (χ2n) is 4.95. The van der Waals surface area contributed by atoms with E-state index >= 15 is 0 Å². The van der Waals surface area contributed by atoms with Gasteiger partial charge in [-0.3, -0.25) is 4.79 Å². The molecule has 2 unspecified atom stereocenters. The monoisotopic (exact) mass is 166 g/mol. The summed E-state index contributed by atoms with van der Waals surface area (Å²) in [6.07, 6.45) is 2.57. The molecule has 0 aromatic carbocycles. The van der Waals surface area contributed by atoms with Gasteiger partial charge in [-0.25, -0.2) is 0 Å². The van der Waals surface area contributed by atoms with Gasteiger partial charge in [0.1, 0.15) is 6.10 Å². The van der Waals surface area contributed by atoms with Crippen LogP contribution in [0.3, 0.4) is 0 Å². The predicted molar refractivity (Wildman–Crippen MR) is 43.4 cm³/mol. The molecule has 0 amide bonds. The molecular weight excluding hydrogens is 152 g/mol. The van der Waals surface area contributed by atoms with Gasteiger partial charge >= 0.3 is 5.97 Å². The molecule has 1 heterocycles. The molecule has 0 N–H and O–H groups in total. The van der Waals surface area contributed by atoms with E-state index in [9.17, 15) is 4.79 Å². The SMILES string of the molecule is C[C@@H]1C2C[C@H]3C1OC(=O)[C@]3(C)C2. The van der Waals surface area contributed by atoms with Crippen LogP contribution in [0.15, 0.2) is 0 Å². The quantitative estimate of drug-likeness (QED) is 0.511. The minimum absolute atomic E-state index is 0.0735. The van der Waals surface area contributed by atoms with Crippen LogP contribution in [0.5, 0.6) is 0 Å². The van der Waals surface area contributed by atoms with Gasteiger partial charge in [-0.05, 0) is 31.6 Å². The topological polar surface area (TPSA) is 26.3 Å². The lowest BCUT2D eigenvalue weighted by Gasteiger charge is -2.26. The van der Waals surface area contributed by atoms with Gasteiger partial charge in [0.25, 0.3) is 0 Å². The normalized spacial score (nSPS) is 61.0. The first kappa shape index (κ1) is 6.93. The molecular formula is C10H14O2. The summed E-state index contributed by atoms with van der Waals surface area (Å²) in [4.78, 5) is 11.5. The first-order valence-electron chi connectivity index (χ1n) is 4.84. The fraction of sp³-hybridized carbons (Fsp3) is 0.900. The van der Waals surface area contributed by atoms with Gasteiger partial charge in [0.15, 0.2) is 0 Å². The number of esters is 1. The molecule has 2 bridgehead atoms. The van der Waals surface area contributed by atoms with Crippen molar-refractivity contribution in [2.75, 3.05) is 0 Å². The lowest BCUT2D eigenvalue weighted by molar-refractivity contribution is -0.147. The summed E-state index contributed by atoms with van der Waals surface area (Å²) in [5.74, 6) is 2.00. The van der Waals surface area contributed by atoms with Crippen LogP contribution in [-0.2, 0) is 9.53 Å². The first-order chi connectivity index (χ1) is 5.63. The van der Waals surface area contributed by atoms with Crippen LogP contribution in [0.4, 0.5) is 0 Å². The maximum Gasteiger partial charge on any atom is 0.312 e. The van der Waals surface area contributed by atoms with Crippen LogP contribution >= 0.6 is 0 Å². The lowest BCUT2D eigenvalue weighted by atomic mass is 9.73. The van der Waals surface area contributed by atoms with Gasteiger partial charge in [0.05, 0.1) is 5.41 Å². The number of hydrogen-bond acceptors (Lipinski definition) is 2. The first-order valence-corrected chi connectivity index (χ1v) is 4.84. The van der Waals surface area contributed by atoms with Gasteiger partial charge in [0, 0.05) is 5.92 Å². The van der Waals surface area contributed by atoms with Crippen LogP contribution in [0, 0.1) is 23.2 Å². The van der Waals surface area contributed by atoms with Crippen molar-refractivity contribution in [2.24, 2.45) is 23.2 Å². The van der Waals surface area contributed by atoms with E-state index in [0.717, 1.165) is 12.3 Å². The van der Waals surface area contributed by atoms with Gasteiger partial charge in [0.2, 0.25) is 0 Å². The zero-order valence-electron chi connectivity index (χ0n) is 7.54. The molecule has 3 rings (SSSR count). The molecule has 66 valence electrons. The highest BCUT2D eigenvalue weighted by atomic mass is 16.6. The molecule has 2 aliphatic carbocycles. The Kier molecular flexibility index (Phi) is 0.984. The second-order valence-corrected chi connectivity index (χ2v) is 4.95. The Morgan fingerprint density at radius 1 is 1.58 bits per heavy atom. The Balaban J connectivity index is 2.09. The van der Waals surface area contributed by atoms with Gasteiger partial charge in [-0.1, -0.05) is 6.92 Å². The van der Waals surface area contributed by atoms with Crippen LogP contribution in [0.2, 0.25) is 0 Å². The van der Waals surface area contributed by atoms with E-state index < -0.39 is 0 Å². The summed E-state index contributed by atoms with van der Waals surface area (Å²) in [5, 5.41) is 0. The highest BCUT2D eigenvalue weighted by Gasteiger charge is 2.66. The zero-order valence-corrected chi connectivity index (χ0v) is 7.54. The maximum absolute atomic E-state index is 11.5. The van der Waals surface area contributed by atoms with Crippen molar-refractivity contribution in [3.8, 4) is 0 Å². The van der Waals surface area contributed by atoms with Crippen molar-refractivity contribution in [1.29, 1.82) is 0 Å². The minimum atomic E-state index is -0.0954. The Morgan fingerprint density at radius 3 is 2.92 bits per heavy atom. The van der Waals surface area contributed by atoms with Gasteiger partial charge in [-0.15, -0.1) is 0 Å². The molecule has 2 heteroatoms. The van der Waals surface area contributed by atoms with Crippen LogP contribution in [0.1, 0.15) is 26.7 Å². The summed E-state index contributed by atoms with van der Waals surface area (Å²) in [7, 11) is 0. The number of rotatable bonds is 0. The van der Waals surface area contributed by atoms with Crippen molar-refractivity contribution < 1.29 is 9.53 Å². The summed E-state index contributed by atoms with van der Waals surface area (Å²) >= 11 is 0. The van der Waals surface area contributed by atoms with Crippen molar-refractivity contribution in [1.82, 2.24) is 0 Å². The molecule has 5 atom stereocenters. The third kappa shape index (κ3) is 0.511. The van der Waals surface area contributed by atoms with Crippen LogP contribution in [-0.4, -0.2) is 12.1 Å². The fourth-order valence-corrected chi connectivity index (χ4v) is 3.58. The largest absolute Gasteiger partial charge is 0.461 e. The van der Waals surface area contributed by atoms with Crippen LogP contribution in [0.25, 0.3) is 0 Å². The number of fused-ring (bicyclic) bond motifs is 1. The molecule has 3 fully saturated rings. The van der Waals surface area contributed by atoms with Crippen molar-refractivity contribution in [3.63, 3.8) is 0 Å². The van der Waals surface area contributed by atoms with E-state index in [1.54, 1.807) is 0 Å². The minimum Gasteiger partial charge on any atom is -0.461 e. The highest BCUT2D eigenvalue weighted by molar-refractivity contribution is 5.80. The third-order valence-electron chi connectivity index (χ3n) is 4.43. The second kappa shape index (κ2) is 1.70. The molecule has 0 radical (unpaired) electrons. The summed E-state index contributed by atoms with van der Waals surface area (Å²) in [5.41, 5.74) is -0.0954. The Hall–Kier alpha value is -0.530. The van der Waals surface area contributed by atoms with Crippen molar-refractivity contribution in [3.05, 3.63) is 0 Å². The molecule has 2 nitrogen and oxygen atoms in total. The average Bonchev–Trinajstić information content (AvgIpc) is 2.53. The van der Waals surface area contributed by atoms with Gasteiger partial charge in [-0.2, -0.15) is 0 Å². The average molecular weight is 166 g/mol. The molecule has 2 saturated carbocycles. The van der Waals surface area contributed by atoms with Crippen molar-refractivity contribution >= 4 is 5.97 Å². The molecule has 12 heavy (non-hydrogen) atoms. The predicted octanol–water partition coefficient (Wildman–Crippen LogP) is 1.59. The van der Waals surface area contributed by atoms with E-state index in [-0.39, 0.29) is 17.5 Å². The molecule has 0 spiro atoms. The Labute approximate surface area is 72.3 Å². The van der Waals surface area contributed by atoms with E-state index in [1.807, 2.05) is 0 Å². The third-order valence-corrected chi connectivity index (χ3v) is 4.43. The Morgan fingerprint density at radius 2 is 2.33 bits per heavy atom. The number of carbonyl (C=O) groups is 1. The number of carbonyl (C=O) groups excluding carboxylic acids is 1. The summed E-state index contributed by atoms with van der Waals surface area (Å²) < 4.78 is 5.42. The number of hydrogen-bond donors (Lipinski definition) is 0. The highest BCUT2D eigenvalue weighted by Crippen LogP contribution is 2.63. The smallest absolute Gasteiger partial charge is 0.312 e. The Bertz CT molecular complexity index is 261. The van der Waals surface area contributed by atoms with E-state index in [2.05, 4.69) is 13.8 Å². The molecule has 0 aromatic rings. The summed E-state index contributed by atoms with van der Waals surface area (Å²) in [6, 6.07) is 0. The maximum atomic E-state index is 11.5. The number of ether oxygens (including phenoxy) is 1. The van der Waals surface area contributed by atoms with E-state index in [0.29, 0.717) is 11.8 Å². The van der Waals surface area contributed by atoms with E-state index in [4.69, 9.17) is 4.74 Å². The van der Waals surface area contributed by atoms with Gasteiger partial charge < -0.3 is 4.74 Å². The standard InChI is InChI=1S/C10H14O2/c1-5-6-3-7-8(5)12-9(11)10(7,2)4-6/h5-8H,3-4H2,1-2H3/t5-,6?,7+,8?,10-/m1/s1. The lowest BCUT2D eigenvalue weighted by Crippen LogP contribution is -2.31. The van der Waals surface area contributed by atoms with E-state index in [1.165, 1.54) is 6.42 Å². The molecule has 1 saturated heterocycles. The summed E-state index contributed by atoms with van der Waals surface area (Å²) in [6.45, 7) is 4.32. The molecule has 0 aromatic heterocycles. The molecule has 3 aliphatic rings. The zero-order chi connectivity index (χ0) is 8.51. The van der Waals surface area contributed by atoms with Crippen molar-refractivity contribution in [2.45, 2.75) is 32.8 Å². The fourth-order valence-electron chi connectivity index (χ4n) is 3.58. The van der Waals surface area contributed by atoms with Crippen LogP contribution < -0.4 is 0 Å².